The fourth-order valence-corrected chi connectivity index (χ4v) is 2.14. The van der Waals surface area contributed by atoms with E-state index in [9.17, 15) is 0 Å². The van der Waals surface area contributed by atoms with E-state index in [1.54, 1.807) is 13.3 Å². The van der Waals surface area contributed by atoms with Gasteiger partial charge in [0.05, 0.1) is 12.2 Å². The minimum Gasteiger partial charge on any atom is -0.444 e. The Hall–Kier alpha value is -2.34. The van der Waals surface area contributed by atoms with E-state index in [-0.39, 0.29) is 0 Å². The molecule has 0 unspecified atom stereocenters. The van der Waals surface area contributed by atoms with Gasteiger partial charge in [0.2, 0.25) is 5.89 Å². The molecule has 1 aromatic carbocycles. The number of ether oxygens (including phenoxy) is 1. The molecular formula is C18H26N4O2. The fraction of sp³-hybridized carbons (Fsp3) is 0.444. The van der Waals surface area contributed by atoms with Gasteiger partial charge in [-0.3, -0.25) is 4.99 Å². The van der Waals surface area contributed by atoms with E-state index < -0.39 is 0 Å². The van der Waals surface area contributed by atoms with Gasteiger partial charge in [0.15, 0.2) is 5.96 Å². The lowest BCUT2D eigenvalue weighted by molar-refractivity contribution is 0.145. The van der Waals surface area contributed by atoms with Crippen molar-refractivity contribution in [3.05, 3.63) is 41.8 Å². The van der Waals surface area contributed by atoms with E-state index in [0.717, 1.165) is 43.4 Å². The third kappa shape index (κ3) is 5.70. The van der Waals surface area contributed by atoms with Crippen LogP contribution in [0.1, 0.15) is 24.6 Å². The van der Waals surface area contributed by atoms with Gasteiger partial charge < -0.3 is 19.8 Å². The molecule has 1 aromatic heterocycles. The van der Waals surface area contributed by atoms with Crippen LogP contribution in [-0.4, -0.2) is 37.7 Å². The van der Waals surface area contributed by atoms with Gasteiger partial charge in [0.25, 0.3) is 0 Å². The molecule has 0 aliphatic rings. The Kier molecular flexibility index (Phi) is 7.29. The van der Waals surface area contributed by atoms with Crippen LogP contribution in [0.5, 0.6) is 0 Å². The van der Waals surface area contributed by atoms with E-state index in [0.29, 0.717) is 12.4 Å². The first-order valence-electron chi connectivity index (χ1n) is 8.26. The molecule has 2 rings (SSSR count). The molecular weight excluding hydrogens is 304 g/mol. The lowest BCUT2D eigenvalue weighted by Crippen LogP contribution is -2.37. The van der Waals surface area contributed by atoms with Gasteiger partial charge in [-0.25, -0.2) is 4.98 Å². The maximum atomic E-state index is 5.55. The van der Waals surface area contributed by atoms with Crippen molar-refractivity contribution in [2.24, 2.45) is 4.99 Å². The Morgan fingerprint density at radius 1 is 1.25 bits per heavy atom. The topological polar surface area (TPSA) is 71.7 Å². The Morgan fingerprint density at radius 3 is 2.75 bits per heavy atom. The van der Waals surface area contributed by atoms with Gasteiger partial charge in [-0.2, -0.15) is 0 Å². The molecule has 0 bridgehead atoms. The van der Waals surface area contributed by atoms with Crippen molar-refractivity contribution in [2.45, 2.75) is 26.8 Å². The Morgan fingerprint density at radius 2 is 2.04 bits per heavy atom. The molecule has 24 heavy (non-hydrogen) atoms. The summed E-state index contributed by atoms with van der Waals surface area (Å²) in [5.74, 6) is 1.37. The standard InChI is InChI=1S/C18H26N4O2/c1-4-23-11-5-10-20-18(19-3)21-12-16-13-24-17(22-16)15-8-6-14(2)7-9-15/h6-9,13H,4-5,10-12H2,1-3H3,(H2,19,20,21). The van der Waals surface area contributed by atoms with Crippen LogP contribution in [0.2, 0.25) is 0 Å². The van der Waals surface area contributed by atoms with Gasteiger partial charge >= 0.3 is 0 Å². The average molecular weight is 330 g/mol. The van der Waals surface area contributed by atoms with E-state index in [1.165, 1.54) is 5.56 Å². The van der Waals surface area contributed by atoms with Crippen LogP contribution in [0, 0.1) is 6.92 Å². The minimum atomic E-state index is 0.556. The first-order valence-corrected chi connectivity index (χ1v) is 8.26. The molecule has 0 fully saturated rings. The number of guanidine groups is 1. The smallest absolute Gasteiger partial charge is 0.226 e. The number of nitrogens with one attached hydrogen (secondary N) is 2. The van der Waals surface area contributed by atoms with Crippen molar-refractivity contribution >= 4 is 5.96 Å². The summed E-state index contributed by atoms with van der Waals surface area (Å²) < 4.78 is 10.9. The van der Waals surface area contributed by atoms with Crippen molar-refractivity contribution in [3.8, 4) is 11.5 Å². The minimum absolute atomic E-state index is 0.556. The van der Waals surface area contributed by atoms with Gasteiger partial charge in [-0.15, -0.1) is 0 Å². The monoisotopic (exact) mass is 330 g/mol. The van der Waals surface area contributed by atoms with E-state index in [1.807, 2.05) is 31.2 Å². The highest BCUT2D eigenvalue weighted by Gasteiger charge is 2.07. The maximum absolute atomic E-state index is 5.55. The molecule has 0 atom stereocenters. The molecule has 0 spiro atoms. The molecule has 1 heterocycles. The Balaban J connectivity index is 1.80. The maximum Gasteiger partial charge on any atom is 0.226 e. The van der Waals surface area contributed by atoms with E-state index in [4.69, 9.17) is 9.15 Å². The molecule has 6 heteroatoms. The van der Waals surface area contributed by atoms with E-state index in [2.05, 4.69) is 27.5 Å². The van der Waals surface area contributed by atoms with Gasteiger partial charge in [-0.05, 0) is 32.4 Å². The number of aryl methyl sites for hydroxylation is 1. The second kappa shape index (κ2) is 9.72. The highest BCUT2D eigenvalue weighted by atomic mass is 16.5. The normalized spacial score (nSPS) is 11.5. The Labute approximate surface area is 143 Å². The molecule has 2 aromatic rings. The summed E-state index contributed by atoms with van der Waals surface area (Å²) in [6.07, 6.45) is 2.61. The molecule has 0 aliphatic heterocycles. The number of nitrogens with zero attached hydrogens (tertiary/aromatic N) is 2. The number of hydrogen-bond donors (Lipinski definition) is 2. The molecule has 0 radical (unpaired) electrons. The highest BCUT2D eigenvalue weighted by Crippen LogP contribution is 2.18. The van der Waals surface area contributed by atoms with Crippen LogP contribution >= 0.6 is 0 Å². The van der Waals surface area contributed by atoms with Crippen molar-refractivity contribution < 1.29 is 9.15 Å². The summed E-state index contributed by atoms with van der Waals surface area (Å²) in [7, 11) is 1.75. The SMILES string of the molecule is CCOCCCNC(=NC)NCc1coc(-c2ccc(C)cc2)n1. The second-order valence-electron chi connectivity index (χ2n) is 5.41. The molecule has 6 nitrogen and oxygen atoms in total. The lowest BCUT2D eigenvalue weighted by atomic mass is 10.1. The van der Waals surface area contributed by atoms with Crippen LogP contribution < -0.4 is 10.6 Å². The number of oxazole rings is 1. The summed E-state index contributed by atoms with van der Waals surface area (Å²) in [5.41, 5.74) is 3.03. The molecule has 2 N–H and O–H groups in total. The highest BCUT2D eigenvalue weighted by molar-refractivity contribution is 5.79. The van der Waals surface area contributed by atoms with Crippen molar-refractivity contribution in [2.75, 3.05) is 26.8 Å². The first-order chi connectivity index (χ1) is 11.7. The van der Waals surface area contributed by atoms with Gasteiger partial charge in [0.1, 0.15) is 6.26 Å². The number of benzene rings is 1. The average Bonchev–Trinajstić information content (AvgIpc) is 3.07. The third-order valence-corrected chi connectivity index (χ3v) is 3.47. The van der Waals surface area contributed by atoms with Crippen LogP contribution in [0.15, 0.2) is 39.9 Å². The predicted molar refractivity (Wildman–Crippen MR) is 96.0 cm³/mol. The van der Waals surface area contributed by atoms with Crippen LogP contribution in [0.4, 0.5) is 0 Å². The fourth-order valence-electron chi connectivity index (χ4n) is 2.14. The first kappa shape index (κ1) is 18.0. The number of rotatable bonds is 8. The second-order valence-corrected chi connectivity index (χ2v) is 5.41. The van der Waals surface area contributed by atoms with Crippen LogP contribution in [0.25, 0.3) is 11.5 Å². The molecule has 0 saturated heterocycles. The lowest BCUT2D eigenvalue weighted by Gasteiger charge is -2.10. The molecule has 0 aliphatic carbocycles. The molecule has 0 saturated carbocycles. The Bertz CT molecular complexity index is 635. The summed E-state index contributed by atoms with van der Waals surface area (Å²) in [6.45, 7) is 6.93. The van der Waals surface area contributed by atoms with Crippen LogP contribution in [-0.2, 0) is 11.3 Å². The third-order valence-electron chi connectivity index (χ3n) is 3.47. The zero-order valence-electron chi connectivity index (χ0n) is 14.6. The van der Waals surface area contributed by atoms with Gasteiger partial charge in [-0.1, -0.05) is 17.7 Å². The molecule has 0 amide bonds. The summed E-state index contributed by atoms with van der Waals surface area (Å²) in [5, 5.41) is 6.47. The largest absolute Gasteiger partial charge is 0.444 e. The zero-order chi connectivity index (χ0) is 17.2. The predicted octanol–water partition coefficient (Wildman–Crippen LogP) is 2.74. The number of hydrogen-bond acceptors (Lipinski definition) is 4. The van der Waals surface area contributed by atoms with Crippen molar-refractivity contribution in [1.29, 1.82) is 0 Å². The van der Waals surface area contributed by atoms with Gasteiger partial charge in [0, 0.05) is 32.4 Å². The quantitative estimate of drug-likeness (QED) is 0.442. The zero-order valence-corrected chi connectivity index (χ0v) is 14.6. The summed E-state index contributed by atoms with van der Waals surface area (Å²) >= 11 is 0. The number of aliphatic imine (C=N–C) groups is 1. The number of aromatic nitrogens is 1. The summed E-state index contributed by atoms with van der Waals surface area (Å²) in [6, 6.07) is 8.12. The summed E-state index contributed by atoms with van der Waals surface area (Å²) in [4.78, 5) is 8.70. The van der Waals surface area contributed by atoms with Crippen LogP contribution in [0.3, 0.4) is 0 Å². The van der Waals surface area contributed by atoms with Crippen molar-refractivity contribution in [1.82, 2.24) is 15.6 Å². The van der Waals surface area contributed by atoms with E-state index >= 15 is 0 Å². The molecule has 130 valence electrons. The van der Waals surface area contributed by atoms with Crippen molar-refractivity contribution in [3.63, 3.8) is 0 Å².